The maximum atomic E-state index is 12.6. The molecule has 0 N–H and O–H groups in total. The van der Waals surface area contributed by atoms with Crippen LogP contribution in [-0.2, 0) is 11.2 Å². The Morgan fingerprint density at radius 3 is 1.94 bits per heavy atom. The van der Waals surface area contributed by atoms with E-state index in [-0.39, 0.29) is 5.56 Å². The highest BCUT2D eigenvalue weighted by molar-refractivity contribution is 5.92. The maximum absolute atomic E-state index is 12.6. The zero-order chi connectivity index (χ0) is 25.5. The summed E-state index contributed by atoms with van der Waals surface area (Å²) in [4.78, 5) is 12.6. The van der Waals surface area contributed by atoms with Crippen molar-refractivity contribution in [2.24, 2.45) is 0 Å². The summed E-state index contributed by atoms with van der Waals surface area (Å²) in [5.41, 5.74) is 2.79. The molecular formula is C27H30O8. The number of carbonyl (C=O) groups is 1. The van der Waals surface area contributed by atoms with Crippen LogP contribution < -0.4 is 28.4 Å². The molecular weight excluding hydrogens is 452 g/mol. The molecule has 3 aromatic rings. The zero-order valence-corrected chi connectivity index (χ0v) is 21.0. The van der Waals surface area contributed by atoms with E-state index in [1.807, 2.05) is 19.1 Å². The smallest absolute Gasteiger partial charge is 0.341 e. The van der Waals surface area contributed by atoms with Gasteiger partial charge >= 0.3 is 5.97 Å². The summed E-state index contributed by atoms with van der Waals surface area (Å²) in [6, 6.07) is 12.5. The van der Waals surface area contributed by atoms with Gasteiger partial charge in [0.25, 0.3) is 0 Å². The van der Waals surface area contributed by atoms with E-state index in [0.717, 1.165) is 16.7 Å². The Hall–Kier alpha value is -4.07. The van der Waals surface area contributed by atoms with Crippen molar-refractivity contribution in [1.82, 2.24) is 0 Å². The number of carbonyl (C=O) groups excluding carboxylic acids is 1. The van der Waals surface area contributed by atoms with Crippen LogP contribution in [-0.4, -0.2) is 48.6 Å². The summed E-state index contributed by atoms with van der Waals surface area (Å²) in [6.07, 6.45) is 0.426. The highest BCUT2D eigenvalue weighted by Crippen LogP contribution is 2.50. The number of hydrogen-bond acceptors (Lipinski definition) is 8. The van der Waals surface area contributed by atoms with Gasteiger partial charge in [0.1, 0.15) is 22.8 Å². The van der Waals surface area contributed by atoms with Crippen LogP contribution in [0.5, 0.6) is 40.2 Å². The summed E-state index contributed by atoms with van der Waals surface area (Å²) in [5.74, 6) is 2.98. The fraction of sp³-hybridized carbons (Fsp3) is 0.296. The standard InChI is InChI=1S/C27H30O8/c1-16-20(24(31-4)26(33-6)25(32-5)23(16)30-3)13-17-11-12-22(21(14-17)27(28)34-7)35-19-10-8-9-18(15-19)29-2/h8-12,14-15H,13H2,1-7H3. The molecule has 8 heteroatoms. The first-order chi connectivity index (χ1) is 16.9. The molecule has 0 heterocycles. The summed E-state index contributed by atoms with van der Waals surface area (Å²) in [7, 11) is 9.13. The first kappa shape index (κ1) is 25.6. The van der Waals surface area contributed by atoms with E-state index < -0.39 is 5.97 Å². The molecule has 0 aliphatic rings. The third-order valence-corrected chi connectivity index (χ3v) is 5.60. The van der Waals surface area contributed by atoms with Crippen molar-refractivity contribution in [2.75, 3.05) is 42.7 Å². The quantitative estimate of drug-likeness (QED) is 0.365. The van der Waals surface area contributed by atoms with Crippen molar-refractivity contribution < 1.29 is 38.0 Å². The Kier molecular flexibility index (Phi) is 8.30. The molecule has 0 radical (unpaired) electrons. The predicted octanol–water partition coefficient (Wildman–Crippen LogP) is 5.21. The Morgan fingerprint density at radius 2 is 1.34 bits per heavy atom. The second kappa shape index (κ2) is 11.4. The molecule has 186 valence electrons. The SMILES string of the molecule is COC(=O)c1cc(Cc2c(C)c(OC)c(OC)c(OC)c2OC)ccc1Oc1cccc(OC)c1. The van der Waals surface area contributed by atoms with Crippen molar-refractivity contribution in [1.29, 1.82) is 0 Å². The summed E-state index contributed by atoms with van der Waals surface area (Å²) >= 11 is 0. The molecule has 0 bridgehead atoms. The average Bonchev–Trinajstić information content (AvgIpc) is 2.89. The lowest BCUT2D eigenvalue weighted by molar-refractivity contribution is 0.0598. The van der Waals surface area contributed by atoms with Gasteiger partial charge in [-0.25, -0.2) is 4.79 Å². The second-order valence-electron chi connectivity index (χ2n) is 7.52. The lowest BCUT2D eigenvalue weighted by atomic mass is 9.96. The first-order valence-electron chi connectivity index (χ1n) is 10.8. The number of esters is 1. The molecule has 8 nitrogen and oxygen atoms in total. The van der Waals surface area contributed by atoms with E-state index in [4.69, 9.17) is 33.2 Å². The molecule has 0 aliphatic carbocycles. The molecule has 0 fully saturated rings. The molecule has 0 amide bonds. The van der Waals surface area contributed by atoms with Crippen LogP contribution in [0.4, 0.5) is 0 Å². The number of rotatable bonds is 10. The molecule has 3 rings (SSSR count). The van der Waals surface area contributed by atoms with E-state index in [0.29, 0.717) is 46.7 Å². The lowest BCUT2D eigenvalue weighted by Gasteiger charge is -2.22. The molecule has 0 aliphatic heterocycles. The van der Waals surface area contributed by atoms with Gasteiger partial charge in [-0.2, -0.15) is 0 Å². The Bertz CT molecular complexity index is 1200. The third kappa shape index (κ3) is 5.21. The average molecular weight is 483 g/mol. The van der Waals surface area contributed by atoms with E-state index in [1.54, 1.807) is 65.9 Å². The van der Waals surface area contributed by atoms with Gasteiger partial charge in [-0.15, -0.1) is 0 Å². The summed E-state index contributed by atoms with van der Waals surface area (Å²) in [6.45, 7) is 1.92. The Morgan fingerprint density at radius 1 is 0.714 bits per heavy atom. The number of benzene rings is 3. The van der Waals surface area contributed by atoms with Crippen molar-refractivity contribution in [2.45, 2.75) is 13.3 Å². The first-order valence-corrected chi connectivity index (χ1v) is 10.8. The summed E-state index contributed by atoms with van der Waals surface area (Å²) in [5, 5.41) is 0. The fourth-order valence-corrected chi connectivity index (χ4v) is 3.91. The zero-order valence-electron chi connectivity index (χ0n) is 21.0. The minimum Gasteiger partial charge on any atom is -0.497 e. The predicted molar refractivity (Wildman–Crippen MR) is 131 cm³/mol. The number of ether oxygens (including phenoxy) is 7. The van der Waals surface area contributed by atoms with Crippen molar-refractivity contribution in [3.8, 4) is 40.2 Å². The topological polar surface area (TPSA) is 81.7 Å². The summed E-state index contributed by atoms with van der Waals surface area (Å²) < 4.78 is 38.7. The Balaban J connectivity index is 2.07. The maximum Gasteiger partial charge on any atom is 0.341 e. The highest BCUT2D eigenvalue weighted by Gasteiger charge is 2.26. The monoisotopic (exact) mass is 482 g/mol. The third-order valence-electron chi connectivity index (χ3n) is 5.60. The van der Waals surface area contributed by atoms with E-state index in [1.165, 1.54) is 7.11 Å². The number of methoxy groups -OCH3 is 6. The van der Waals surface area contributed by atoms with E-state index in [2.05, 4.69) is 0 Å². The van der Waals surface area contributed by atoms with Gasteiger partial charge < -0.3 is 33.2 Å². The number of hydrogen-bond donors (Lipinski definition) is 0. The minimum absolute atomic E-state index is 0.289. The molecule has 0 saturated carbocycles. The van der Waals surface area contributed by atoms with Crippen molar-refractivity contribution >= 4 is 5.97 Å². The van der Waals surface area contributed by atoms with Gasteiger partial charge in [-0.3, -0.25) is 0 Å². The van der Waals surface area contributed by atoms with Crippen LogP contribution in [0, 0.1) is 6.92 Å². The van der Waals surface area contributed by atoms with Crippen LogP contribution in [0.2, 0.25) is 0 Å². The minimum atomic E-state index is -0.515. The van der Waals surface area contributed by atoms with Gasteiger partial charge in [0.2, 0.25) is 11.5 Å². The van der Waals surface area contributed by atoms with Gasteiger partial charge in [-0.05, 0) is 36.8 Å². The largest absolute Gasteiger partial charge is 0.497 e. The van der Waals surface area contributed by atoms with Crippen LogP contribution >= 0.6 is 0 Å². The van der Waals surface area contributed by atoms with Gasteiger partial charge in [0.05, 0.1) is 42.7 Å². The molecule has 0 aromatic heterocycles. The van der Waals surface area contributed by atoms with Crippen molar-refractivity contribution in [3.05, 3.63) is 64.7 Å². The van der Waals surface area contributed by atoms with Crippen molar-refractivity contribution in [3.63, 3.8) is 0 Å². The van der Waals surface area contributed by atoms with Crippen LogP contribution in [0.15, 0.2) is 42.5 Å². The van der Waals surface area contributed by atoms with E-state index >= 15 is 0 Å². The normalized spacial score (nSPS) is 10.4. The van der Waals surface area contributed by atoms with Crippen LogP contribution in [0.25, 0.3) is 0 Å². The van der Waals surface area contributed by atoms with Gasteiger partial charge in [0, 0.05) is 23.6 Å². The molecule has 0 unspecified atom stereocenters. The lowest BCUT2D eigenvalue weighted by Crippen LogP contribution is -2.07. The molecule has 0 atom stereocenters. The molecule has 0 spiro atoms. The highest BCUT2D eigenvalue weighted by atomic mass is 16.5. The van der Waals surface area contributed by atoms with Gasteiger partial charge in [0.15, 0.2) is 11.5 Å². The molecule has 35 heavy (non-hydrogen) atoms. The molecule has 0 saturated heterocycles. The molecule has 3 aromatic carbocycles. The van der Waals surface area contributed by atoms with Crippen LogP contribution in [0.1, 0.15) is 27.0 Å². The van der Waals surface area contributed by atoms with E-state index in [9.17, 15) is 4.79 Å². The second-order valence-corrected chi connectivity index (χ2v) is 7.52. The van der Waals surface area contributed by atoms with Crippen LogP contribution in [0.3, 0.4) is 0 Å². The Labute approximate surface area is 205 Å². The van der Waals surface area contributed by atoms with Gasteiger partial charge in [-0.1, -0.05) is 12.1 Å². The fourth-order valence-electron chi connectivity index (χ4n) is 3.91.